The number of piperazine rings is 1. The summed E-state index contributed by atoms with van der Waals surface area (Å²) in [6.07, 6.45) is 2.67. The van der Waals surface area contributed by atoms with Crippen molar-refractivity contribution in [2.45, 2.75) is 38.8 Å². The van der Waals surface area contributed by atoms with Gasteiger partial charge in [0.15, 0.2) is 0 Å². The van der Waals surface area contributed by atoms with Gasteiger partial charge in [0.1, 0.15) is 0 Å². The molecule has 3 heterocycles. The van der Waals surface area contributed by atoms with Gasteiger partial charge in [-0.1, -0.05) is 18.2 Å². The maximum atomic E-state index is 13.3. The monoisotopic (exact) mass is 365 g/mol. The topological polar surface area (TPSA) is 45.7 Å². The fourth-order valence-corrected chi connectivity index (χ4v) is 4.77. The van der Waals surface area contributed by atoms with E-state index in [0.29, 0.717) is 12.1 Å². The number of carbonyl (C=O) groups is 1. The van der Waals surface area contributed by atoms with Crippen molar-refractivity contribution < 1.29 is 9.53 Å². The van der Waals surface area contributed by atoms with Crippen LogP contribution in [0.5, 0.6) is 0 Å². The molecule has 27 heavy (non-hydrogen) atoms. The van der Waals surface area contributed by atoms with Gasteiger partial charge in [-0.05, 0) is 44.2 Å². The molecule has 5 rings (SSSR count). The molecule has 0 unspecified atom stereocenters. The second kappa shape index (κ2) is 6.57. The maximum absolute atomic E-state index is 13.3. The summed E-state index contributed by atoms with van der Waals surface area (Å²) < 4.78 is 5.89. The van der Waals surface area contributed by atoms with Crippen LogP contribution in [0.25, 0.3) is 10.9 Å². The summed E-state index contributed by atoms with van der Waals surface area (Å²) in [7, 11) is 0. The lowest BCUT2D eigenvalue weighted by Gasteiger charge is -2.48. The first-order valence-corrected chi connectivity index (χ1v) is 10.1. The lowest BCUT2D eigenvalue weighted by Crippen LogP contribution is -2.63. The minimum Gasteiger partial charge on any atom is -0.378 e. The lowest BCUT2D eigenvalue weighted by molar-refractivity contribution is -0.0816. The highest BCUT2D eigenvalue weighted by molar-refractivity contribution is 5.99. The normalized spacial score (nSPS) is 26.2. The van der Waals surface area contributed by atoms with Gasteiger partial charge in [0.25, 0.3) is 5.91 Å². The van der Waals surface area contributed by atoms with E-state index < -0.39 is 0 Å². The predicted molar refractivity (Wildman–Crippen MR) is 105 cm³/mol. The molecule has 1 aromatic heterocycles. The van der Waals surface area contributed by atoms with E-state index in [9.17, 15) is 4.79 Å². The molecule has 2 saturated heterocycles. The fourth-order valence-electron chi connectivity index (χ4n) is 4.77. The van der Waals surface area contributed by atoms with Crippen LogP contribution in [0.3, 0.4) is 0 Å². The summed E-state index contributed by atoms with van der Waals surface area (Å²) >= 11 is 0. The molecule has 1 saturated carbocycles. The average Bonchev–Trinajstić information content (AvgIpc) is 3.52. The zero-order valence-corrected chi connectivity index (χ0v) is 16.1. The minimum atomic E-state index is 0.108. The number of para-hydroxylation sites is 1. The lowest BCUT2D eigenvalue weighted by atomic mass is 10.0. The molecule has 2 atom stereocenters. The molecule has 1 aromatic carbocycles. The van der Waals surface area contributed by atoms with Gasteiger partial charge in [-0.3, -0.25) is 14.7 Å². The van der Waals surface area contributed by atoms with Crippen LogP contribution in [0.1, 0.15) is 34.5 Å². The van der Waals surface area contributed by atoms with E-state index in [-0.39, 0.29) is 5.91 Å². The van der Waals surface area contributed by atoms with E-state index in [0.717, 1.165) is 66.5 Å². The van der Waals surface area contributed by atoms with Crippen LogP contribution in [-0.2, 0) is 4.74 Å². The first-order valence-electron chi connectivity index (χ1n) is 10.1. The van der Waals surface area contributed by atoms with Crippen molar-refractivity contribution in [3.8, 4) is 0 Å². The number of pyridine rings is 1. The van der Waals surface area contributed by atoms with Gasteiger partial charge in [-0.2, -0.15) is 0 Å². The zero-order valence-electron chi connectivity index (χ0n) is 16.1. The number of ether oxygens (including phenoxy) is 1. The van der Waals surface area contributed by atoms with Gasteiger partial charge in [-0.15, -0.1) is 0 Å². The third-order valence-corrected chi connectivity index (χ3v) is 6.47. The van der Waals surface area contributed by atoms with Gasteiger partial charge in [0, 0.05) is 31.1 Å². The standard InChI is InChI=1S/C22H27N3O2/c1-14-4-3-5-17-10-19(15(2)23-21(14)17)22(26)24-8-9-25-18(11-24)12-27-13-20(25)16-6-7-16/h3-5,10,16,18,20H,6-9,11-13H2,1-2H3/t18-,20-/m1/s1. The van der Waals surface area contributed by atoms with Crippen molar-refractivity contribution in [2.24, 2.45) is 5.92 Å². The third kappa shape index (κ3) is 3.03. The Morgan fingerprint density at radius 3 is 2.85 bits per heavy atom. The van der Waals surface area contributed by atoms with Crippen LogP contribution in [0.15, 0.2) is 24.3 Å². The first kappa shape index (κ1) is 17.1. The van der Waals surface area contributed by atoms with Crippen LogP contribution in [0.2, 0.25) is 0 Å². The highest BCUT2D eigenvalue weighted by Gasteiger charge is 2.43. The molecule has 0 bridgehead atoms. The van der Waals surface area contributed by atoms with Gasteiger partial charge in [0.2, 0.25) is 0 Å². The smallest absolute Gasteiger partial charge is 0.255 e. The van der Waals surface area contributed by atoms with Crippen molar-refractivity contribution in [1.29, 1.82) is 0 Å². The van der Waals surface area contributed by atoms with E-state index in [1.165, 1.54) is 12.8 Å². The molecule has 2 aromatic rings. The largest absolute Gasteiger partial charge is 0.378 e. The van der Waals surface area contributed by atoms with Crippen molar-refractivity contribution in [3.05, 3.63) is 41.1 Å². The Labute approximate surface area is 160 Å². The summed E-state index contributed by atoms with van der Waals surface area (Å²) in [4.78, 5) is 22.6. The van der Waals surface area contributed by atoms with Crippen molar-refractivity contribution >= 4 is 16.8 Å². The molecule has 5 heteroatoms. The number of aryl methyl sites for hydroxylation is 2. The molecule has 2 aliphatic heterocycles. The average molecular weight is 365 g/mol. The van der Waals surface area contributed by atoms with Gasteiger partial charge in [-0.25, -0.2) is 0 Å². The Morgan fingerprint density at radius 1 is 1.19 bits per heavy atom. The summed E-state index contributed by atoms with van der Waals surface area (Å²) in [6.45, 7) is 8.12. The highest BCUT2D eigenvalue weighted by Crippen LogP contribution is 2.38. The molecule has 142 valence electrons. The molecule has 3 aliphatic rings. The van der Waals surface area contributed by atoms with Crippen LogP contribution in [0, 0.1) is 19.8 Å². The number of benzene rings is 1. The van der Waals surface area contributed by atoms with Crippen molar-refractivity contribution in [1.82, 2.24) is 14.8 Å². The van der Waals surface area contributed by atoms with E-state index in [1.54, 1.807) is 0 Å². The van der Waals surface area contributed by atoms with Crippen LogP contribution in [0.4, 0.5) is 0 Å². The maximum Gasteiger partial charge on any atom is 0.255 e. The number of hydrogen-bond acceptors (Lipinski definition) is 4. The molecule has 0 spiro atoms. The van der Waals surface area contributed by atoms with Gasteiger partial charge >= 0.3 is 0 Å². The first-order chi connectivity index (χ1) is 13.1. The summed E-state index contributed by atoms with van der Waals surface area (Å²) in [6, 6.07) is 9.04. The molecule has 0 radical (unpaired) electrons. The Bertz CT molecular complexity index is 893. The van der Waals surface area contributed by atoms with E-state index in [1.807, 2.05) is 30.0 Å². The van der Waals surface area contributed by atoms with Gasteiger partial charge < -0.3 is 9.64 Å². The highest BCUT2D eigenvalue weighted by atomic mass is 16.5. The summed E-state index contributed by atoms with van der Waals surface area (Å²) in [5, 5.41) is 1.04. The Morgan fingerprint density at radius 2 is 2.04 bits per heavy atom. The quantitative estimate of drug-likeness (QED) is 0.821. The second-order valence-electron chi connectivity index (χ2n) is 8.35. The molecule has 1 amide bonds. The summed E-state index contributed by atoms with van der Waals surface area (Å²) in [5.41, 5.74) is 3.69. The number of rotatable bonds is 2. The fraction of sp³-hybridized carbons (Fsp3) is 0.545. The minimum absolute atomic E-state index is 0.108. The molecule has 1 aliphatic carbocycles. The zero-order chi connectivity index (χ0) is 18.5. The SMILES string of the molecule is Cc1nc2c(C)cccc2cc1C(=O)N1CCN2[C@@H](COC[C@@H]2C2CC2)C1. The number of amides is 1. The molecule has 5 nitrogen and oxygen atoms in total. The van der Waals surface area contributed by atoms with Crippen LogP contribution >= 0.6 is 0 Å². The molecule has 0 N–H and O–H groups in total. The second-order valence-corrected chi connectivity index (χ2v) is 8.35. The number of hydrogen-bond donors (Lipinski definition) is 0. The molecular weight excluding hydrogens is 338 g/mol. The van der Waals surface area contributed by atoms with Crippen LogP contribution < -0.4 is 0 Å². The Balaban J connectivity index is 1.38. The number of morpholine rings is 1. The number of fused-ring (bicyclic) bond motifs is 2. The van der Waals surface area contributed by atoms with Gasteiger partial charge in [0.05, 0.1) is 36.0 Å². The number of carbonyl (C=O) groups excluding carboxylic acids is 1. The molecule has 3 fully saturated rings. The number of nitrogens with zero attached hydrogens (tertiary/aromatic N) is 3. The Kier molecular flexibility index (Phi) is 4.17. The summed E-state index contributed by atoms with van der Waals surface area (Å²) in [5.74, 6) is 0.918. The van der Waals surface area contributed by atoms with E-state index in [4.69, 9.17) is 9.72 Å². The van der Waals surface area contributed by atoms with E-state index in [2.05, 4.69) is 17.9 Å². The van der Waals surface area contributed by atoms with Crippen molar-refractivity contribution in [3.63, 3.8) is 0 Å². The van der Waals surface area contributed by atoms with E-state index >= 15 is 0 Å². The van der Waals surface area contributed by atoms with Crippen molar-refractivity contribution in [2.75, 3.05) is 32.8 Å². The molecular formula is C22H27N3O2. The Hall–Kier alpha value is -1.98. The predicted octanol–water partition coefficient (Wildman–Crippen LogP) is 2.79. The third-order valence-electron chi connectivity index (χ3n) is 6.47. The van der Waals surface area contributed by atoms with Crippen LogP contribution in [-0.4, -0.2) is 65.6 Å². The number of aromatic nitrogens is 1.